The summed E-state index contributed by atoms with van der Waals surface area (Å²) in [5, 5.41) is 11.2. The van der Waals surface area contributed by atoms with Crippen molar-refractivity contribution in [2.24, 2.45) is 0 Å². The summed E-state index contributed by atoms with van der Waals surface area (Å²) in [4.78, 5) is 15.5. The van der Waals surface area contributed by atoms with Crippen molar-refractivity contribution >= 4 is 76.2 Å². The van der Waals surface area contributed by atoms with Gasteiger partial charge in [-0.3, -0.25) is 0 Å². The number of benzene rings is 9. The van der Waals surface area contributed by atoms with E-state index < -0.39 is 0 Å². The van der Waals surface area contributed by atoms with Crippen LogP contribution in [0, 0.1) is 0 Å². The lowest BCUT2D eigenvalue weighted by Crippen LogP contribution is -2.00. The van der Waals surface area contributed by atoms with Gasteiger partial charge in [0.05, 0.1) is 0 Å². The molecule has 0 aliphatic carbocycles. The number of fused-ring (bicyclic) bond motifs is 10. The van der Waals surface area contributed by atoms with Gasteiger partial charge < -0.3 is 8.83 Å². The molecule has 5 nitrogen and oxygen atoms in total. The Balaban J connectivity index is 1.09. The molecule has 0 aliphatic heterocycles. The van der Waals surface area contributed by atoms with Crippen LogP contribution in [0.25, 0.3) is 121 Å². The van der Waals surface area contributed by atoms with Crippen LogP contribution < -0.4 is 0 Å². The second-order valence-corrected chi connectivity index (χ2v) is 14.3. The van der Waals surface area contributed by atoms with Crippen molar-refractivity contribution in [3.63, 3.8) is 0 Å². The third-order valence-corrected chi connectivity index (χ3v) is 11.1. The van der Waals surface area contributed by atoms with Gasteiger partial charge in [-0.2, -0.15) is 0 Å². The average Bonchev–Trinajstić information content (AvgIpc) is 3.84. The van der Waals surface area contributed by atoms with Gasteiger partial charge >= 0.3 is 0 Å². The van der Waals surface area contributed by atoms with Crippen molar-refractivity contribution in [3.05, 3.63) is 176 Å². The van der Waals surface area contributed by atoms with Crippen molar-refractivity contribution in [2.75, 3.05) is 0 Å². The SMILES string of the molecule is c1ccc2cc(-c3nc(-c4ccc5c(c4)oc4ccccc45)nc(-c4cccc5oc6c(-c7cc8ccccc8c8ccccc78)cccc6c45)n3)ccc2c1. The normalized spacial score (nSPS) is 11.9. The molecule has 0 N–H and O–H groups in total. The lowest BCUT2D eigenvalue weighted by molar-refractivity contribution is 0.669. The smallest absolute Gasteiger partial charge is 0.164 e. The van der Waals surface area contributed by atoms with Gasteiger partial charge in [0.1, 0.15) is 22.3 Å². The number of para-hydroxylation sites is 2. The molecule has 0 amide bonds. The number of furan rings is 2. The maximum Gasteiger partial charge on any atom is 0.164 e. The second-order valence-electron chi connectivity index (χ2n) is 14.3. The molecular formula is C51H29N3O2. The van der Waals surface area contributed by atoms with E-state index in [1.165, 1.54) is 21.5 Å². The van der Waals surface area contributed by atoms with Crippen LogP contribution in [0.2, 0.25) is 0 Å². The Labute approximate surface area is 320 Å². The van der Waals surface area contributed by atoms with Crippen molar-refractivity contribution in [1.29, 1.82) is 0 Å². The first-order chi connectivity index (χ1) is 27.7. The minimum Gasteiger partial charge on any atom is -0.456 e. The third-order valence-electron chi connectivity index (χ3n) is 11.1. The standard InChI is InChI=1S/C51H29N3O2/c1-2-12-31-27-33(24-23-30(31)11-1)49-52-50(34-25-26-39-38-17-7-8-21-44(38)55-46(39)29-34)54-51(53-49)42-20-10-22-45-47(42)41-19-9-18-40(48(41)56-45)43-28-32-13-3-4-14-35(32)36-15-5-6-16-37(36)43/h1-29H. The Hall–Kier alpha value is -7.63. The van der Waals surface area contributed by atoms with E-state index in [-0.39, 0.29) is 0 Å². The van der Waals surface area contributed by atoms with Crippen molar-refractivity contribution in [2.45, 2.75) is 0 Å². The fraction of sp³-hybridized carbons (Fsp3) is 0. The van der Waals surface area contributed by atoms with Crippen LogP contribution in [0.3, 0.4) is 0 Å². The maximum absolute atomic E-state index is 6.83. The van der Waals surface area contributed by atoms with Gasteiger partial charge in [-0.05, 0) is 74.3 Å². The van der Waals surface area contributed by atoms with E-state index in [0.717, 1.165) is 82.5 Å². The van der Waals surface area contributed by atoms with E-state index in [2.05, 4.69) is 140 Å². The van der Waals surface area contributed by atoms with Crippen LogP contribution in [0.1, 0.15) is 0 Å². The van der Waals surface area contributed by atoms with Gasteiger partial charge in [-0.15, -0.1) is 0 Å². The molecular weight excluding hydrogens is 687 g/mol. The summed E-state index contributed by atoms with van der Waals surface area (Å²) in [5.74, 6) is 1.72. The van der Waals surface area contributed by atoms with Gasteiger partial charge in [-0.1, -0.05) is 140 Å². The summed E-state index contributed by atoms with van der Waals surface area (Å²) in [6.45, 7) is 0. The number of hydrogen-bond donors (Lipinski definition) is 0. The van der Waals surface area contributed by atoms with Crippen molar-refractivity contribution in [1.82, 2.24) is 15.0 Å². The third kappa shape index (κ3) is 4.71. The highest BCUT2D eigenvalue weighted by atomic mass is 16.3. The zero-order valence-corrected chi connectivity index (χ0v) is 29.9. The molecule has 0 bridgehead atoms. The summed E-state index contributed by atoms with van der Waals surface area (Å²) in [7, 11) is 0. The lowest BCUT2D eigenvalue weighted by atomic mass is 9.92. The van der Waals surface area contributed by atoms with Crippen LogP contribution in [-0.4, -0.2) is 15.0 Å². The molecule has 260 valence electrons. The molecule has 12 aromatic rings. The summed E-state index contributed by atoms with van der Waals surface area (Å²) in [5.41, 5.74) is 8.04. The second kappa shape index (κ2) is 11.9. The van der Waals surface area contributed by atoms with Gasteiger partial charge in [0.2, 0.25) is 0 Å². The Kier molecular flexibility index (Phi) is 6.56. The molecule has 0 atom stereocenters. The van der Waals surface area contributed by atoms with E-state index in [1.54, 1.807) is 0 Å². The molecule has 0 saturated heterocycles. The predicted molar refractivity (Wildman–Crippen MR) is 229 cm³/mol. The average molecular weight is 716 g/mol. The first kappa shape index (κ1) is 30.8. The topological polar surface area (TPSA) is 65.0 Å². The van der Waals surface area contributed by atoms with Crippen LogP contribution in [0.5, 0.6) is 0 Å². The first-order valence-electron chi connectivity index (χ1n) is 18.8. The summed E-state index contributed by atoms with van der Waals surface area (Å²) in [6, 6.07) is 61.0. The fourth-order valence-electron chi connectivity index (χ4n) is 8.47. The monoisotopic (exact) mass is 715 g/mol. The molecule has 12 rings (SSSR count). The summed E-state index contributed by atoms with van der Waals surface area (Å²) < 4.78 is 13.1. The molecule has 0 unspecified atom stereocenters. The van der Waals surface area contributed by atoms with E-state index >= 15 is 0 Å². The lowest BCUT2D eigenvalue weighted by Gasteiger charge is -2.11. The minimum atomic E-state index is 0.564. The number of aromatic nitrogens is 3. The quantitative estimate of drug-likeness (QED) is 0.170. The van der Waals surface area contributed by atoms with E-state index in [1.807, 2.05) is 36.4 Å². The van der Waals surface area contributed by atoms with Gasteiger partial charge in [0.15, 0.2) is 17.5 Å². The molecule has 0 spiro atoms. The molecule has 3 heterocycles. The fourth-order valence-corrected chi connectivity index (χ4v) is 8.47. The van der Waals surface area contributed by atoms with Crippen LogP contribution in [-0.2, 0) is 0 Å². The zero-order valence-electron chi connectivity index (χ0n) is 29.9. The molecule has 0 aliphatic rings. The number of nitrogens with zero attached hydrogens (tertiary/aromatic N) is 3. The zero-order chi connectivity index (χ0) is 36.7. The van der Waals surface area contributed by atoms with Crippen LogP contribution in [0.4, 0.5) is 0 Å². The van der Waals surface area contributed by atoms with E-state index in [9.17, 15) is 0 Å². The molecule has 0 radical (unpaired) electrons. The molecule has 56 heavy (non-hydrogen) atoms. The molecule has 5 heteroatoms. The highest BCUT2D eigenvalue weighted by molar-refractivity contribution is 6.19. The predicted octanol–water partition coefficient (Wildman–Crippen LogP) is 13.8. The Morgan fingerprint density at radius 1 is 0.304 bits per heavy atom. The van der Waals surface area contributed by atoms with Crippen LogP contribution in [0.15, 0.2) is 185 Å². The first-order valence-corrected chi connectivity index (χ1v) is 18.8. The van der Waals surface area contributed by atoms with Crippen LogP contribution >= 0.6 is 0 Å². The largest absolute Gasteiger partial charge is 0.456 e. The molecule has 0 fully saturated rings. The molecule has 0 saturated carbocycles. The van der Waals surface area contributed by atoms with Crippen molar-refractivity contribution < 1.29 is 8.83 Å². The molecule has 3 aromatic heterocycles. The summed E-state index contributed by atoms with van der Waals surface area (Å²) >= 11 is 0. The minimum absolute atomic E-state index is 0.564. The highest BCUT2D eigenvalue weighted by Gasteiger charge is 2.21. The van der Waals surface area contributed by atoms with Crippen molar-refractivity contribution in [3.8, 4) is 45.3 Å². The van der Waals surface area contributed by atoms with Gasteiger partial charge in [0.25, 0.3) is 0 Å². The maximum atomic E-state index is 6.83. The van der Waals surface area contributed by atoms with E-state index in [4.69, 9.17) is 23.8 Å². The van der Waals surface area contributed by atoms with Gasteiger partial charge in [-0.25, -0.2) is 15.0 Å². The number of rotatable bonds is 4. The van der Waals surface area contributed by atoms with Gasteiger partial charge in [0, 0.05) is 43.8 Å². The Bertz CT molecular complexity index is 3560. The Morgan fingerprint density at radius 3 is 1.79 bits per heavy atom. The Morgan fingerprint density at radius 2 is 0.911 bits per heavy atom. The number of hydrogen-bond acceptors (Lipinski definition) is 5. The summed E-state index contributed by atoms with van der Waals surface area (Å²) in [6.07, 6.45) is 0. The highest BCUT2D eigenvalue weighted by Crippen LogP contribution is 2.43. The van der Waals surface area contributed by atoms with E-state index in [0.29, 0.717) is 17.5 Å². The molecule has 9 aromatic carbocycles.